The standard InChI is InChI=1S/C10H9NS2/c1-2-4-10(5-3-1)13-7-9-6-12-8-11-9/h1-6,8H,7H2. The maximum Gasteiger partial charge on any atom is 0.0795 e. The molecule has 66 valence electrons. The number of hydrogen-bond donors (Lipinski definition) is 0. The van der Waals surface area contributed by atoms with Crippen molar-refractivity contribution in [3.63, 3.8) is 0 Å². The highest BCUT2D eigenvalue weighted by molar-refractivity contribution is 7.98. The van der Waals surface area contributed by atoms with Crippen LogP contribution in [-0.2, 0) is 5.75 Å². The van der Waals surface area contributed by atoms with Crippen molar-refractivity contribution in [2.45, 2.75) is 10.6 Å². The van der Waals surface area contributed by atoms with Gasteiger partial charge in [-0.2, -0.15) is 0 Å². The Kier molecular flexibility index (Phi) is 3.00. The molecule has 3 heteroatoms. The molecule has 2 rings (SSSR count). The van der Waals surface area contributed by atoms with Crippen LogP contribution in [0.3, 0.4) is 0 Å². The van der Waals surface area contributed by atoms with E-state index in [4.69, 9.17) is 0 Å². The molecule has 1 aromatic heterocycles. The van der Waals surface area contributed by atoms with Gasteiger partial charge in [0.25, 0.3) is 0 Å². The Morgan fingerprint density at radius 1 is 1.23 bits per heavy atom. The van der Waals surface area contributed by atoms with Crippen molar-refractivity contribution in [1.29, 1.82) is 0 Å². The molecule has 0 N–H and O–H groups in total. The summed E-state index contributed by atoms with van der Waals surface area (Å²) in [7, 11) is 0. The van der Waals surface area contributed by atoms with Crippen LogP contribution >= 0.6 is 23.1 Å². The predicted octanol–water partition coefficient (Wildman–Crippen LogP) is 3.44. The lowest BCUT2D eigenvalue weighted by Gasteiger charge is -1.97. The van der Waals surface area contributed by atoms with E-state index in [1.807, 2.05) is 23.3 Å². The molecule has 2 aromatic rings. The summed E-state index contributed by atoms with van der Waals surface area (Å²) in [6.45, 7) is 0. The summed E-state index contributed by atoms with van der Waals surface area (Å²) in [4.78, 5) is 5.53. The zero-order chi connectivity index (χ0) is 8.93. The van der Waals surface area contributed by atoms with Crippen LogP contribution in [0.25, 0.3) is 0 Å². The average Bonchev–Trinajstić information content (AvgIpc) is 2.69. The molecule has 13 heavy (non-hydrogen) atoms. The Labute approximate surface area is 85.8 Å². The van der Waals surface area contributed by atoms with Gasteiger partial charge in [-0.15, -0.1) is 23.1 Å². The molecular weight excluding hydrogens is 198 g/mol. The zero-order valence-electron chi connectivity index (χ0n) is 7.01. The SMILES string of the molecule is c1ccc(SCc2cscn2)cc1. The summed E-state index contributed by atoms with van der Waals surface area (Å²) in [5, 5.41) is 2.09. The number of thioether (sulfide) groups is 1. The smallest absolute Gasteiger partial charge is 0.0795 e. The summed E-state index contributed by atoms with van der Waals surface area (Å²) in [5.41, 5.74) is 3.04. The van der Waals surface area contributed by atoms with E-state index >= 15 is 0 Å². The fraction of sp³-hybridized carbons (Fsp3) is 0.100. The third-order valence-corrected chi connectivity index (χ3v) is 3.29. The fourth-order valence-corrected chi connectivity index (χ4v) is 2.47. The van der Waals surface area contributed by atoms with Crippen LogP contribution in [0.4, 0.5) is 0 Å². The van der Waals surface area contributed by atoms with Gasteiger partial charge in [0.2, 0.25) is 0 Å². The first kappa shape index (κ1) is 8.78. The van der Waals surface area contributed by atoms with Gasteiger partial charge in [-0.25, -0.2) is 4.98 Å². The number of aromatic nitrogens is 1. The van der Waals surface area contributed by atoms with Crippen molar-refractivity contribution < 1.29 is 0 Å². The summed E-state index contributed by atoms with van der Waals surface area (Å²) in [6.07, 6.45) is 0. The van der Waals surface area contributed by atoms with Gasteiger partial charge < -0.3 is 0 Å². The van der Waals surface area contributed by atoms with E-state index in [0.29, 0.717) is 0 Å². The van der Waals surface area contributed by atoms with E-state index in [-0.39, 0.29) is 0 Å². The lowest BCUT2D eigenvalue weighted by molar-refractivity contribution is 1.23. The summed E-state index contributed by atoms with van der Waals surface area (Å²) >= 11 is 3.47. The molecule has 0 aliphatic rings. The number of nitrogens with zero attached hydrogens (tertiary/aromatic N) is 1. The summed E-state index contributed by atoms with van der Waals surface area (Å²) in [6, 6.07) is 10.4. The molecule has 0 saturated carbocycles. The monoisotopic (exact) mass is 207 g/mol. The van der Waals surface area contributed by atoms with Crippen LogP contribution in [0.2, 0.25) is 0 Å². The van der Waals surface area contributed by atoms with E-state index in [1.54, 1.807) is 11.3 Å². The molecule has 0 amide bonds. The van der Waals surface area contributed by atoms with Gasteiger partial charge in [-0.05, 0) is 12.1 Å². The quantitative estimate of drug-likeness (QED) is 0.715. The first-order chi connectivity index (χ1) is 6.45. The van der Waals surface area contributed by atoms with Gasteiger partial charge in [0.05, 0.1) is 11.2 Å². The Morgan fingerprint density at radius 3 is 2.77 bits per heavy atom. The van der Waals surface area contributed by atoms with E-state index in [9.17, 15) is 0 Å². The van der Waals surface area contributed by atoms with Crippen LogP contribution in [0.5, 0.6) is 0 Å². The summed E-state index contributed by atoms with van der Waals surface area (Å²) in [5.74, 6) is 0.966. The molecule has 0 aliphatic heterocycles. The van der Waals surface area contributed by atoms with Gasteiger partial charge >= 0.3 is 0 Å². The van der Waals surface area contributed by atoms with Crippen molar-refractivity contribution in [3.05, 3.63) is 46.9 Å². The minimum Gasteiger partial charge on any atom is -0.249 e. The first-order valence-electron chi connectivity index (χ1n) is 4.00. The van der Waals surface area contributed by atoms with Gasteiger partial charge in [0, 0.05) is 16.0 Å². The van der Waals surface area contributed by atoms with Gasteiger partial charge in [-0.3, -0.25) is 0 Å². The Hall–Kier alpha value is -0.800. The number of benzene rings is 1. The average molecular weight is 207 g/mol. The Morgan fingerprint density at radius 2 is 2.08 bits per heavy atom. The van der Waals surface area contributed by atoms with Crippen LogP contribution in [0.15, 0.2) is 46.1 Å². The molecule has 0 fully saturated rings. The van der Waals surface area contributed by atoms with Gasteiger partial charge in [0.1, 0.15) is 0 Å². The minimum atomic E-state index is 0.966. The maximum absolute atomic E-state index is 4.23. The highest BCUT2D eigenvalue weighted by Gasteiger charge is 1.96. The molecule has 0 saturated heterocycles. The second kappa shape index (κ2) is 4.44. The lowest BCUT2D eigenvalue weighted by Crippen LogP contribution is -1.78. The normalized spacial score (nSPS) is 10.2. The zero-order valence-corrected chi connectivity index (χ0v) is 8.65. The lowest BCUT2D eigenvalue weighted by atomic mass is 10.4. The van der Waals surface area contributed by atoms with Crippen molar-refractivity contribution in [1.82, 2.24) is 4.98 Å². The molecule has 1 heterocycles. The Bertz CT molecular complexity index is 342. The van der Waals surface area contributed by atoms with Crippen LogP contribution < -0.4 is 0 Å². The molecular formula is C10H9NS2. The number of rotatable bonds is 3. The van der Waals surface area contributed by atoms with Crippen molar-refractivity contribution in [2.24, 2.45) is 0 Å². The van der Waals surface area contributed by atoms with Crippen molar-refractivity contribution in [3.8, 4) is 0 Å². The van der Waals surface area contributed by atoms with E-state index in [1.165, 1.54) is 10.6 Å². The third-order valence-electron chi connectivity index (χ3n) is 1.61. The molecule has 0 aliphatic carbocycles. The molecule has 0 bridgehead atoms. The van der Waals surface area contributed by atoms with Crippen molar-refractivity contribution in [2.75, 3.05) is 0 Å². The van der Waals surface area contributed by atoms with Crippen molar-refractivity contribution >= 4 is 23.1 Å². The van der Waals surface area contributed by atoms with Gasteiger partial charge in [-0.1, -0.05) is 18.2 Å². The fourth-order valence-electron chi connectivity index (χ4n) is 0.983. The number of thiazole rings is 1. The van der Waals surface area contributed by atoms with Gasteiger partial charge in [0.15, 0.2) is 0 Å². The second-order valence-electron chi connectivity index (χ2n) is 2.58. The highest BCUT2D eigenvalue weighted by atomic mass is 32.2. The largest absolute Gasteiger partial charge is 0.249 e. The third kappa shape index (κ3) is 2.57. The predicted molar refractivity (Wildman–Crippen MR) is 58.1 cm³/mol. The van der Waals surface area contributed by atoms with E-state index in [0.717, 1.165) is 5.75 Å². The summed E-state index contributed by atoms with van der Waals surface area (Å²) < 4.78 is 0. The molecule has 0 atom stereocenters. The maximum atomic E-state index is 4.23. The molecule has 0 radical (unpaired) electrons. The topological polar surface area (TPSA) is 12.9 Å². The van der Waals surface area contributed by atoms with E-state index in [2.05, 4.69) is 34.6 Å². The molecule has 0 spiro atoms. The first-order valence-corrected chi connectivity index (χ1v) is 5.93. The molecule has 1 nitrogen and oxygen atoms in total. The molecule has 0 unspecified atom stereocenters. The van der Waals surface area contributed by atoms with Crippen LogP contribution in [0.1, 0.15) is 5.69 Å². The van der Waals surface area contributed by atoms with Crippen LogP contribution in [0, 0.1) is 0 Å². The Balaban J connectivity index is 1.94. The second-order valence-corrected chi connectivity index (χ2v) is 4.35. The highest BCUT2D eigenvalue weighted by Crippen LogP contribution is 2.21. The molecule has 1 aromatic carbocycles. The minimum absolute atomic E-state index is 0.966. The number of hydrogen-bond acceptors (Lipinski definition) is 3. The van der Waals surface area contributed by atoms with Crippen LogP contribution in [-0.4, -0.2) is 4.98 Å². The van der Waals surface area contributed by atoms with E-state index < -0.39 is 0 Å².